The molecule has 23 heavy (non-hydrogen) atoms. The second kappa shape index (κ2) is 9.53. The van der Waals surface area contributed by atoms with Crippen molar-refractivity contribution in [1.29, 1.82) is 0 Å². The van der Waals surface area contributed by atoms with Crippen LogP contribution in [0.25, 0.3) is 0 Å². The number of ketones is 1. The van der Waals surface area contributed by atoms with Crippen LogP contribution in [-0.2, 0) is 4.79 Å². The molecule has 1 aromatic carbocycles. The molecule has 128 valence electrons. The molecule has 0 radical (unpaired) electrons. The van der Waals surface area contributed by atoms with E-state index in [-0.39, 0.29) is 30.1 Å². The Balaban J connectivity index is 0.00000264. The Morgan fingerprint density at radius 1 is 1.26 bits per heavy atom. The van der Waals surface area contributed by atoms with Gasteiger partial charge in [-0.05, 0) is 43.5 Å². The van der Waals surface area contributed by atoms with E-state index in [0.29, 0.717) is 31.4 Å². The zero-order valence-electron chi connectivity index (χ0n) is 13.5. The van der Waals surface area contributed by atoms with E-state index in [1.54, 1.807) is 31.4 Å². The van der Waals surface area contributed by atoms with Crippen molar-refractivity contribution in [2.24, 2.45) is 5.73 Å². The third-order valence-electron chi connectivity index (χ3n) is 4.18. The molecule has 0 bridgehead atoms. The highest BCUT2D eigenvalue weighted by Gasteiger charge is 2.26. The molecule has 1 amide bonds. The number of rotatable bonds is 7. The lowest BCUT2D eigenvalue weighted by Gasteiger charge is -2.23. The van der Waals surface area contributed by atoms with E-state index in [9.17, 15) is 9.59 Å². The van der Waals surface area contributed by atoms with E-state index >= 15 is 0 Å². The summed E-state index contributed by atoms with van der Waals surface area (Å²) in [6.45, 7) is 1.32. The van der Waals surface area contributed by atoms with Crippen LogP contribution in [0.2, 0.25) is 0 Å². The van der Waals surface area contributed by atoms with Crippen LogP contribution in [0.15, 0.2) is 24.3 Å². The van der Waals surface area contributed by atoms with Crippen LogP contribution in [0.5, 0.6) is 5.75 Å². The van der Waals surface area contributed by atoms with Gasteiger partial charge < -0.3 is 15.4 Å². The standard InChI is InChI=1S/C17H24N2O3.ClH/c1-22-15-9-7-13(8-10-15)16(20)5-2-6-17(21)19-11-3-4-14(19)12-18;/h7-10,14H,2-6,11-12,18H2,1H3;1H. The molecule has 2 rings (SSSR count). The van der Waals surface area contributed by atoms with E-state index in [4.69, 9.17) is 10.5 Å². The summed E-state index contributed by atoms with van der Waals surface area (Å²) in [6, 6.07) is 7.25. The van der Waals surface area contributed by atoms with Gasteiger partial charge in [-0.15, -0.1) is 12.4 Å². The number of methoxy groups -OCH3 is 1. The molecule has 0 aromatic heterocycles. The van der Waals surface area contributed by atoms with Gasteiger partial charge in [0, 0.05) is 37.5 Å². The minimum Gasteiger partial charge on any atom is -0.497 e. The van der Waals surface area contributed by atoms with Gasteiger partial charge in [0.2, 0.25) is 5.91 Å². The molecular weight excluding hydrogens is 316 g/mol. The SMILES string of the molecule is COc1ccc(C(=O)CCCC(=O)N2CCCC2CN)cc1.Cl. The van der Waals surface area contributed by atoms with Crippen molar-refractivity contribution in [2.75, 3.05) is 20.2 Å². The van der Waals surface area contributed by atoms with Gasteiger partial charge in [0.05, 0.1) is 7.11 Å². The molecular formula is C17H25ClN2O3. The number of carbonyl (C=O) groups is 2. The number of ether oxygens (including phenoxy) is 1. The number of benzene rings is 1. The summed E-state index contributed by atoms with van der Waals surface area (Å²) in [5.41, 5.74) is 6.34. The van der Waals surface area contributed by atoms with Gasteiger partial charge in [0.15, 0.2) is 5.78 Å². The zero-order chi connectivity index (χ0) is 15.9. The summed E-state index contributed by atoms with van der Waals surface area (Å²) in [5, 5.41) is 0. The average Bonchev–Trinajstić information content (AvgIpc) is 3.03. The highest BCUT2D eigenvalue weighted by atomic mass is 35.5. The van der Waals surface area contributed by atoms with E-state index < -0.39 is 0 Å². The van der Waals surface area contributed by atoms with Crippen molar-refractivity contribution in [3.05, 3.63) is 29.8 Å². The normalized spacial score (nSPS) is 16.8. The maximum Gasteiger partial charge on any atom is 0.222 e. The van der Waals surface area contributed by atoms with Gasteiger partial charge in [0.25, 0.3) is 0 Å². The Morgan fingerprint density at radius 3 is 2.57 bits per heavy atom. The fourth-order valence-electron chi connectivity index (χ4n) is 2.87. The number of hydrogen-bond donors (Lipinski definition) is 1. The van der Waals surface area contributed by atoms with Gasteiger partial charge in [-0.3, -0.25) is 9.59 Å². The first-order chi connectivity index (χ1) is 10.7. The van der Waals surface area contributed by atoms with Crippen LogP contribution >= 0.6 is 12.4 Å². The lowest BCUT2D eigenvalue weighted by atomic mass is 10.0. The number of nitrogens with two attached hydrogens (primary N) is 1. The Bertz CT molecular complexity index is 519. The molecule has 1 atom stereocenters. The Kier molecular flexibility index (Phi) is 8.06. The topological polar surface area (TPSA) is 72.6 Å². The smallest absolute Gasteiger partial charge is 0.222 e. The average molecular weight is 341 g/mol. The van der Waals surface area contributed by atoms with Gasteiger partial charge in [-0.25, -0.2) is 0 Å². The fourth-order valence-corrected chi connectivity index (χ4v) is 2.87. The molecule has 1 unspecified atom stereocenters. The van der Waals surface area contributed by atoms with E-state index in [2.05, 4.69) is 0 Å². The number of hydrogen-bond acceptors (Lipinski definition) is 4. The summed E-state index contributed by atoms with van der Waals surface area (Å²) >= 11 is 0. The number of halogens is 1. The van der Waals surface area contributed by atoms with Crippen LogP contribution in [-0.4, -0.2) is 42.8 Å². The molecule has 1 fully saturated rings. The van der Waals surface area contributed by atoms with Gasteiger partial charge in [0.1, 0.15) is 5.75 Å². The first-order valence-electron chi connectivity index (χ1n) is 7.82. The largest absolute Gasteiger partial charge is 0.497 e. The van der Waals surface area contributed by atoms with Crippen LogP contribution in [0, 0.1) is 0 Å². The molecule has 2 N–H and O–H groups in total. The number of likely N-dealkylation sites (tertiary alicyclic amines) is 1. The lowest BCUT2D eigenvalue weighted by molar-refractivity contribution is -0.131. The molecule has 1 saturated heterocycles. The third kappa shape index (κ3) is 5.22. The zero-order valence-corrected chi connectivity index (χ0v) is 14.3. The first-order valence-corrected chi connectivity index (χ1v) is 7.82. The maximum atomic E-state index is 12.2. The molecule has 0 saturated carbocycles. The molecule has 1 heterocycles. The van der Waals surface area contributed by atoms with Crippen LogP contribution in [0.1, 0.15) is 42.5 Å². The van der Waals surface area contributed by atoms with Crippen LogP contribution in [0.4, 0.5) is 0 Å². The summed E-state index contributed by atoms with van der Waals surface area (Å²) in [7, 11) is 1.59. The quantitative estimate of drug-likeness (QED) is 0.774. The molecule has 1 aliphatic rings. The molecule has 0 aliphatic carbocycles. The fraction of sp³-hybridized carbons (Fsp3) is 0.529. The molecule has 1 aromatic rings. The summed E-state index contributed by atoms with van der Waals surface area (Å²) < 4.78 is 5.07. The Labute approximate surface area is 143 Å². The number of carbonyl (C=O) groups excluding carboxylic acids is 2. The lowest BCUT2D eigenvalue weighted by Crippen LogP contribution is -2.39. The minimum absolute atomic E-state index is 0. The number of nitrogens with zero attached hydrogens (tertiary/aromatic N) is 1. The summed E-state index contributed by atoms with van der Waals surface area (Å²) in [5.74, 6) is 0.913. The summed E-state index contributed by atoms with van der Waals surface area (Å²) in [4.78, 5) is 26.1. The van der Waals surface area contributed by atoms with E-state index in [1.165, 1.54) is 0 Å². The monoisotopic (exact) mass is 340 g/mol. The van der Waals surface area contributed by atoms with Crippen molar-refractivity contribution < 1.29 is 14.3 Å². The molecule has 0 spiro atoms. The molecule has 5 nitrogen and oxygen atoms in total. The van der Waals surface area contributed by atoms with Crippen molar-refractivity contribution >= 4 is 24.1 Å². The predicted molar refractivity (Wildman–Crippen MR) is 92.2 cm³/mol. The third-order valence-corrected chi connectivity index (χ3v) is 4.18. The highest BCUT2D eigenvalue weighted by Crippen LogP contribution is 2.19. The summed E-state index contributed by atoms with van der Waals surface area (Å²) in [6.07, 6.45) is 3.40. The number of amides is 1. The maximum absolute atomic E-state index is 12.2. The highest BCUT2D eigenvalue weighted by molar-refractivity contribution is 5.96. The van der Waals surface area contributed by atoms with Crippen LogP contribution in [0.3, 0.4) is 0 Å². The van der Waals surface area contributed by atoms with Crippen molar-refractivity contribution in [3.8, 4) is 5.75 Å². The number of Topliss-reactive ketones (excluding diaryl/α,β-unsaturated/α-hetero) is 1. The molecule has 6 heteroatoms. The van der Waals surface area contributed by atoms with E-state index in [0.717, 1.165) is 25.1 Å². The van der Waals surface area contributed by atoms with Crippen LogP contribution < -0.4 is 10.5 Å². The van der Waals surface area contributed by atoms with Crippen molar-refractivity contribution in [3.63, 3.8) is 0 Å². The molecule has 1 aliphatic heterocycles. The van der Waals surface area contributed by atoms with Crippen molar-refractivity contribution in [2.45, 2.75) is 38.1 Å². The van der Waals surface area contributed by atoms with Gasteiger partial charge >= 0.3 is 0 Å². The van der Waals surface area contributed by atoms with Gasteiger partial charge in [-0.2, -0.15) is 0 Å². The van der Waals surface area contributed by atoms with E-state index in [1.807, 2.05) is 4.90 Å². The second-order valence-corrected chi connectivity index (χ2v) is 5.62. The Morgan fingerprint density at radius 2 is 1.96 bits per heavy atom. The van der Waals surface area contributed by atoms with Crippen molar-refractivity contribution in [1.82, 2.24) is 4.90 Å². The minimum atomic E-state index is 0. The first kappa shape index (κ1) is 19.5. The predicted octanol–water partition coefficient (Wildman–Crippen LogP) is 2.42. The van der Waals surface area contributed by atoms with Gasteiger partial charge in [-0.1, -0.05) is 0 Å². The Hall–Kier alpha value is -1.59. The second-order valence-electron chi connectivity index (χ2n) is 5.62.